The molecular formula is C21H24Cl2FN3O. The normalized spacial score (nSPS) is 20.4. The highest BCUT2D eigenvalue weighted by Crippen LogP contribution is 2.26. The molecule has 2 heterocycles. The number of hydrogen-bond acceptors (Lipinski definition) is 4. The average molecular weight is 424 g/mol. The summed E-state index contributed by atoms with van der Waals surface area (Å²) in [6, 6.07) is 15.3. The van der Waals surface area contributed by atoms with Gasteiger partial charge >= 0.3 is 0 Å². The van der Waals surface area contributed by atoms with Crippen LogP contribution in [0.3, 0.4) is 0 Å². The van der Waals surface area contributed by atoms with Crippen molar-refractivity contribution in [2.24, 2.45) is 5.16 Å². The minimum Gasteiger partial charge on any atom is -0.390 e. The first-order chi connectivity index (χ1) is 13.2. The van der Waals surface area contributed by atoms with Crippen molar-refractivity contribution in [1.29, 1.82) is 0 Å². The number of nitrogens with zero attached hydrogens (tertiary/aromatic N) is 3. The van der Waals surface area contributed by atoms with Gasteiger partial charge in [0.15, 0.2) is 0 Å². The summed E-state index contributed by atoms with van der Waals surface area (Å²) in [5, 5.41) is 4.48. The van der Waals surface area contributed by atoms with Crippen molar-refractivity contribution in [3.8, 4) is 0 Å². The third-order valence-electron chi connectivity index (χ3n) is 5.16. The molecule has 0 N–H and O–H groups in total. The van der Waals surface area contributed by atoms with E-state index in [0.717, 1.165) is 39.3 Å². The zero-order chi connectivity index (χ0) is 18.6. The van der Waals surface area contributed by atoms with Gasteiger partial charge in [-0.05, 0) is 17.7 Å². The lowest BCUT2D eigenvalue weighted by molar-refractivity contribution is 0.0338. The van der Waals surface area contributed by atoms with Gasteiger partial charge in [-0.1, -0.05) is 53.2 Å². The first kappa shape index (κ1) is 21.1. The Kier molecular flexibility index (Phi) is 7.30. The lowest BCUT2D eigenvalue weighted by Crippen LogP contribution is -2.48. The van der Waals surface area contributed by atoms with Crippen LogP contribution in [-0.2, 0) is 11.4 Å². The van der Waals surface area contributed by atoms with Crippen molar-refractivity contribution in [3.63, 3.8) is 0 Å². The quantitative estimate of drug-likeness (QED) is 0.720. The molecule has 1 unspecified atom stereocenters. The van der Waals surface area contributed by atoms with Crippen LogP contribution in [-0.4, -0.2) is 54.3 Å². The molecule has 1 saturated heterocycles. The van der Waals surface area contributed by atoms with Crippen LogP contribution in [0.15, 0.2) is 53.7 Å². The van der Waals surface area contributed by atoms with Gasteiger partial charge in [-0.3, -0.25) is 9.80 Å². The van der Waals surface area contributed by atoms with E-state index in [4.69, 9.17) is 16.4 Å². The van der Waals surface area contributed by atoms with Crippen LogP contribution in [0.1, 0.15) is 17.5 Å². The van der Waals surface area contributed by atoms with Crippen LogP contribution in [0.4, 0.5) is 4.39 Å². The molecule has 1 atom stereocenters. The van der Waals surface area contributed by atoms with Gasteiger partial charge in [-0.2, -0.15) is 0 Å². The molecule has 1 fully saturated rings. The maximum absolute atomic E-state index is 14.1. The topological polar surface area (TPSA) is 28.1 Å². The molecule has 0 amide bonds. The van der Waals surface area contributed by atoms with Crippen molar-refractivity contribution in [1.82, 2.24) is 9.80 Å². The van der Waals surface area contributed by atoms with Gasteiger partial charge in [-0.25, -0.2) is 4.39 Å². The summed E-state index contributed by atoms with van der Waals surface area (Å²) in [5.41, 5.74) is 2.32. The van der Waals surface area contributed by atoms with E-state index in [0.29, 0.717) is 22.7 Å². The summed E-state index contributed by atoms with van der Waals surface area (Å²) in [6.45, 7) is 5.87. The SMILES string of the molecule is Cl.Fc1cccc(Cl)c1C1=NOC(CN2CCN(Cc3ccccc3)CC2)C1. The van der Waals surface area contributed by atoms with Crippen molar-refractivity contribution in [3.05, 3.63) is 70.5 Å². The van der Waals surface area contributed by atoms with E-state index >= 15 is 0 Å². The Morgan fingerprint density at radius 1 is 1.00 bits per heavy atom. The first-order valence-electron chi connectivity index (χ1n) is 9.35. The molecule has 4 rings (SSSR count). The maximum Gasteiger partial charge on any atom is 0.145 e. The molecule has 0 spiro atoms. The first-order valence-corrected chi connectivity index (χ1v) is 9.72. The highest BCUT2D eigenvalue weighted by Gasteiger charge is 2.28. The van der Waals surface area contributed by atoms with Gasteiger partial charge in [0.1, 0.15) is 11.9 Å². The summed E-state index contributed by atoms with van der Waals surface area (Å²) >= 11 is 6.14. The molecule has 2 aliphatic heterocycles. The molecule has 150 valence electrons. The second-order valence-electron chi connectivity index (χ2n) is 7.13. The highest BCUT2D eigenvalue weighted by molar-refractivity contribution is 6.34. The van der Waals surface area contributed by atoms with Gasteiger partial charge in [0, 0.05) is 45.7 Å². The zero-order valence-corrected chi connectivity index (χ0v) is 17.1. The molecule has 2 aromatic carbocycles. The van der Waals surface area contributed by atoms with Gasteiger partial charge in [0.25, 0.3) is 0 Å². The molecule has 0 aliphatic carbocycles. The Labute approximate surface area is 176 Å². The zero-order valence-electron chi connectivity index (χ0n) is 15.6. The van der Waals surface area contributed by atoms with E-state index in [2.05, 4.69) is 39.2 Å². The molecule has 0 radical (unpaired) electrons. The fraction of sp³-hybridized carbons (Fsp3) is 0.381. The van der Waals surface area contributed by atoms with E-state index in [1.807, 2.05) is 6.07 Å². The summed E-state index contributed by atoms with van der Waals surface area (Å²) in [7, 11) is 0. The number of hydrogen-bond donors (Lipinski definition) is 0. The molecule has 4 nitrogen and oxygen atoms in total. The molecule has 2 aromatic rings. The van der Waals surface area contributed by atoms with Crippen molar-refractivity contribution >= 4 is 29.7 Å². The maximum atomic E-state index is 14.1. The average Bonchev–Trinajstić information content (AvgIpc) is 3.12. The molecule has 0 bridgehead atoms. The number of benzene rings is 2. The molecule has 28 heavy (non-hydrogen) atoms. The van der Waals surface area contributed by atoms with Crippen LogP contribution in [0.5, 0.6) is 0 Å². The standard InChI is InChI=1S/C21H23ClFN3O.ClH/c22-18-7-4-8-19(23)21(18)20-13-17(27-24-20)15-26-11-9-25(10-12-26)14-16-5-2-1-3-6-16;/h1-8,17H,9-15H2;1H. The van der Waals surface area contributed by atoms with E-state index < -0.39 is 0 Å². The summed E-state index contributed by atoms with van der Waals surface area (Å²) in [6.07, 6.45) is 0.543. The van der Waals surface area contributed by atoms with Crippen LogP contribution < -0.4 is 0 Å². The minimum absolute atomic E-state index is 0. The molecule has 0 aromatic heterocycles. The fourth-order valence-electron chi connectivity index (χ4n) is 3.71. The van der Waals surface area contributed by atoms with Gasteiger partial charge in [-0.15, -0.1) is 12.4 Å². The summed E-state index contributed by atoms with van der Waals surface area (Å²) < 4.78 is 14.1. The summed E-state index contributed by atoms with van der Waals surface area (Å²) in [4.78, 5) is 10.4. The van der Waals surface area contributed by atoms with Crippen molar-refractivity contribution < 1.29 is 9.23 Å². The third-order valence-corrected chi connectivity index (χ3v) is 5.48. The lowest BCUT2D eigenvalue weighted by Gasteiger charge is -2.35. The Morgan fingerprint density at radius 3 is 2.43 bits per heavy atom. The molecule has 7 heteroatoms. The van der Waals surface area contributed by atoms with E-state index in [1.165, 1.54) is 11.6 Å². The summed E-state index contributed by atoms with van der Waals surface area (Å²) in [5.74, 6) is -0.347. The lowest BCUT2D eigenvalue weighted by atomic mass is 10.0. The van der Waals surface area contributed by atoms with Crippen LogP contribution in [0, 0.1) is 5.82 Å². The Bertz CT molecular complexity index is 790. The van der Waals surface area contributed by atoms with Gasteiger partial charge in [0.2, 0.25) is 0 Å². The van der Waals surface area contributed by atoms with Gasteiger partial charge in [0.05, 0.1) is 16.3 Å². The van der Waals surface area contributed by atoms with Crippen LogP contribution in [0.2, 0.25) is 5.02 Å². The van der Waals surface area contributed by atoms with Crippen molar-refractivity contribution in [2.75, 3.05) is 32.7 Å². The Balaban J connectivity index is 0.00000225. The van der Waals surface area contributed by atoms with Crippen LogP contribution in [0.25, 0.3) is 0 Å². The van der Waals surface area contributed by atoms with E-state index in [1.54, 1.807) is 12.1 Å². The fourth-order valence-corrected chi connectivity index (χ4v) is 3.98. The van der Waals surface area contributed by atoms with Gasteiger partial charge < -0.3 is 4.84 Å². The second-order valence-corrected chi connectivity index (χ2v) is 7.54. The Hall–Kier alpha value is -1.66. The minimum atomic E-state index is -0.347. The molecule has 2 aliphatic rings. The number of piperazine rings is 1. The van der Waals surface area contributed by atoms with Crippen LogP contribution >= 0.6 is 24.0 Å². The predicted octanol–water partition coefficient (Wildman–Crippen LogP) is 4.21. The number of rotatable bonds is 5. The second kappa shape index (κ2) is 9.70. The highest BCUT2D eigenvalue weighted by atomic mass is 35.5. The number of halogens is 3. The number of oxime groups is 1. The smallest absolute Gasteiger partial charge is 0.145 e. The van der Waals surface area contributed by atoms with E-state index in [9.17, 15) is 4.39 Å². The van der Waals surface area contributed by atoms with E-state index in [-0.39, 0.29) is 24.3 Å². The predicted molar refractivity (Wildman–Crippen MR) is 113 cm³/mol. The largest absolute Gasteiger partial charge is 0.390 e. The monoisotopic (exact) mass is 423 g/mol. The van der Waals surface area contributed by atoms with Crippen molar-refractivity contribution in [2.45, 2.75) is 19.1 Å². The Morgan fingerprint density at radius 2 is 1.71 bits per heavy atom. The molecular weight excluding hydrogens is 400 g/mol. The molecule has 0 saturated carbocycles. The third kappa shape index (κ3) is 5.03.